The highest BCUT2D eigenvalue weighted by Crippen LogP contribution is 2.19. The van der Waals surface area contributed by atoms with Gasteiger partial charge in [-0.05, 0) is 31.5 Å². The van der Waals surface area contributed by atoms with Crippen LogP contribution in [0.1, 0.15) is 30.1 Å². The molecule has 1 rings (SSSR count). The van der Waals surface area contributed by atoms with Crippen molar-refractivity contribution >= 4 is 5.78 Å². The first-order chi connectivity index (χ1) is 8.08. The summed E-state index contributed by atoms with van der Waals surface area (Å²) in [5.41, 5.74) is 0.367. The molecule has 0 N–H and O–H groups in total. The van der Waals surface area contributed by atoms with E-state index in [2.05, 4.69) is 0 Å². The maximum absolute atomic E-state index is 13.4. The number of ketones is 1. The second kappa shape index (κ2) is 6.35. The molecule has 1 aromatic carbocycles. The number of hydrogen-bond acceptors (Lipinski definition) is 3. The minimum Gasteiger partial charge on any atom is -0.494 e. The maximum Gasteiger partial charge on any atom is 0.165 e. The Balaban J connectivity index is 2.66. The number of rotatable bonds is 6. The summed E-state index contributed by atoms with van der Waals surface area (Å²) in [5, 5.41) is 0. The molecule has 94 valence electrons. The molecule has 0 aromatic heterocycles. The highest BCUT2D eigenvalue weighted by atomic mass is 19.1. The zero-order valence-corrected chi connectivity index (χ0v) is 10.3. The Labute approximate surface area is 101 Å². The summed E-state index contributed by atoms with van der Waals surface area (Å²) in [4.78, 5) is 11.8. The zero-order valence-electron chi connectivity index (χ0n) is 10.3. The number of carbonyl (C=O) groups is 1. The van der Waals surface area contributed by atoms with Gasteiger partial charge in [-0.25, -0.2) is 4.39 Å². The topological polar surface area (TPSA) is 35.5 Å². The van der Waals surface area contributed by atoms with Crippen LogP contribution < -0.4 is 4.74 Å². The summed E-state index contributed by atoms with van der Waals surface area (Å²) in [6.07, 6.45) is 1.01. The van der Waals surface area contributed by atoms with Crippen LogP contribution in [0.4, 0.5) is 4.39 Å². The van der Waals surface area contributed by atoms with Gasteiger partial charge in [-0.3, -0.25) is 4.79 Å². The van der Waals surface area contributed by atoms with E-state index in [0.717, 1.165) is 0 Å². The molecular formula is C13H17FO3. The van der Waals surface area contributed by atoms with E-state index >= 15 is 0 Å². The van der Waals surface area contributed by atoms with Crippen molar-refractivity contribution in [2.75, 3.05) is 14.2 Å². The predicted molar refractivity (Wildman–Crippen MR) is 63.0 cm³/mol. The highest BCUT2D eigenvalue weighted by molar-refractivity contribution is 5.96. The smallest absolute Gasteiger partial charge is 0.165 e. The molecule has 0 saturated heterocycles. The van der Waals surface area contributed by atoms with Crippen molar-refractivity contribution in [1.82, 2.24) is 0 Å². The highest BCUT2D eigenvalue weighted by Gasteiger charge is 2.11. The first kappa shape index (κ1) is 13.6. The van der Waals surface area contributed by atoms with Crippen LogP contribution >= 0.6 is 0 Å². The Bertz CT molecular complexity index is 390. The number of carbonyl (C=O) groups excluding carboxylic acids is 1. The third kappa shape index (κ3) is 3.82. The summed E-state index contributed by atoms with van der Waals surface area (Å²) >= 11 is 0. The second-order valence-corrected chi connectivity index (χ2v) is 3.86. The van der Waals surface area contributed by atoms with Gasteiger partial charge in [-0.15, -0.1) is 0 Å². The summed E-state index contributed by atoms with van der Waals surface area (Å²) in [5.74, 6) is -0.458. The van der Waals surface area contributed by atoms with Gasteiger partial charge in [0.05, 0.1) is 13.2 Å². The van der Waals surface area contributed by atoms with Gasteiger partial charge >= 0.3 is 0 Å². The van der Waals surface area contributed by atoms with Gasteiger partial charge in [0.15, 0.2) is 17.3 Å². The van der Waals surface area contributed by atoms with Crippen LogP contribution in [-0.2, 0) is 4.74 Å². The molecule has 0 heterocycles. The lowest BCUT2D eigenvalue weighted by Crippen LogP contribution is -2.09. The third-order valence-electron chi connectivity index (χ3n) is 2.65. The van der Waals surface area contributed by atoms with E-state index < -0.39 is 5.82 Å². The van der Waals surface area contributed by atoms with Crippen molar-refractivity contribution in [3.05, 3.63) is 29.6 Å². The molecule has 0 fully saturated rings. The number of halogens is 1. The van der Waals surface area contributed by atoms with Gasteiger partial charge in [0.2, 0.25) is 0 Å². The molecular weight excluding hydrogens is 223 g/mol. The number of hydrogen-bond donors (Lipinski definition) is 0. The van der Waals surface area contributed by atoms with Crippen LogP contribution in [0.5, 0.6) is 5.75 Å². The lowest BCUT2D eigenvalue weighted by atomic mass is 10.0. The summed E-state index contributed by atoms with van der Waals surface area (Å²) in [7, 11) is 2.99. The molecule has 0 spiro atoms. The van der Waals surface area contributed by atoms with Crippen molar-refractivity contribution in [2.45, 2.75) is 25.9 Å². The quantitative estimate of drug-likeness (QED) is 0.717. The fourth-order valence-electron chi connectivity index (χ4n) is 1.44. The zero-order chi connectivity index (χ0) is 12.8. The van der Waals surface area contributed by atoms with E-state index in [4.69, 9.17) is 9.47 Å². The number of ether oxygens (including phenoxy) is 2. The fraction of sp³-hybridized carbons (Fsp3) is 0.462. The molecule has 1 atom stereocenters. The van der Waals surface area contributed by atoms with Gasteiger partial charge in [0, 0.05) is 19.1 Å². The van der Waals surface area contributed by atoms with Crippen LogP contribution in [0, 0.1) is 5.82 Å². The SMILES string of the molecule is COc1ccc(C(=O)CCC(C)OC)cc1F. The predicted octanol–water partition coefficient (Wildman–Crippen LogP) is 2.83. The molecule has 0 saturated carbocycles. The van der Waals surface area contributed by atoms with Crippen LogP contribution in [-0.4, -0.2) is 26.1 Å². The van der Waals surface area contributed by atoms with E-state index in [1.165, 1.54) is 19.2 Å². The van der Waals surface area contributed by atoms with Gasteiger partial charge in [-0.1, -0.05) is 0 Å². The molecule has 0 aliphatic heterocycles. The summed E-state index contributed by atoms with van der Waals surface area (Å²) in [6, 6.07) is 4.24. The van der Waals surface area contributed by atoms with Crippen LogP contribution in [0.25, 0.3) is 0 Å². The van der Waals surface area contributed by atoms with Gasteiger partial charge in [-0.2, -0.15) is 0 Å². The molecule has 0 bridgehead atoms. The maximum atomic E-state index is 13.4. The van der Waals surface area contributed by atoms with Crippen molar-refractivity contribution in [3.63, 3.8) is 0 Å². The summed E-state index contributed by atoms with van der Waals surface area (Å²) < 4.78 is 23.2. The van der Waals surface area contributed by atoms with Crippen molar-refractivity contribution in [3.8, 4) is 5.75 Å². The lowest BCUT2D eigenvalue weighted by Gasteiger charge is -2.08. The number of Topliss-reactive ketones (excluding diaryl/α,β-unsaturated/α-hetero) is 1. The van der Waals surface area contributed by atoms with Crippen molar-refractivity contribution < 1.29 is 18.7 Å². The molecule has 4 heteroatoms. The molecule has 0 radical (unpaired) electrons. The molecule has 0 amide bonds. The van der Waals surface area contributed by atoms with Crippen molar-refractivity contribution in [1.29, 1.82) is 0 Å². The Kier molecular flexibility index (Phi) is 5.10. The molecule has 17 heavy (non-hydrogen) atoms. The van der Waals surface area contributed by atoms with Gasteiger partial charge in [0.1, 0.15) is 0 Å². The Morgan fingerprint density at radius 1 is 1.41 bits per heavy atom. The molecule has 1 aromatic rings. The minimum atomic E-state index is -0.516. The third-order valence-corrected chi connectivity index (χ3v) is 2.65. The van der Waals surface area contributed by atoms with Crippen molar-refractivity contribution in [2.24, 2.45) is 0 Å². The second-order valence-electron chi connectivity index (χ2n) is 3.86. The van der Waals surface area contributed by atoms with Gasteiger partial charge in [0.25, 0.3) is 0 Å². The first-order valence-corrected chi connectivity index (χ1v) is 5.48. The van der Waals surface area contributed by atoms with E-state index in [1.54, 1.807) is 13.2 Å². The van der Waals surface area contributed by atoms with Gasteiger partial charge < -0.3 is 9.47 Å². The first-order valence-electron chi connectivity index (χ1n) is 5.48. The number of benzene rings is 1. The average Bonchev–Trinajstić information content (AvgIpc) is 2.35. The van der Waals surface area contributed by atoms with Crippen LogP contribution in [0.15, 0.2) is 18.2 Å². The molecule has 1 unspecified atom stereocenters. The van der Waals surface area contributed by atoms with Crippen LogP contribution in [0.2, 0.25) is 0 Å². The fourth-order valence-corrected chi connectivity index (χ4v) is 1.44. The summed E-state index contributed by atoms with van der Waals surface area (Å²) in [6.45, 7) is 1.89. The lowest BCUT2D eigenvalue weighted by molar-refractivity contribution is 0.0877. The van der Waals surface area contributed by atoms with E-state index in [9.17, 15) is 9.18 Å². The molecule has 0 aliphatic carbocycles. The van der Waals surface area contributed by atoms with E-state index in [-0.39, 0.29) is 17.6 Å². The largest absolute Gasteiger partial charge is 0.494 e. The van der Waals surface area contributed by atoms with E-state index in [1.807, 2.05) is 6.92 Å². The molecule has 0 aliphatic rings. The Morgan fingerprint density at radius 3 is 2.65 bits per heavy atom. The molecule has 3 nitrogen and oxygen atoms in total. The standard InChI is InChI=1S/C13H17FO3/c1-9(16-2)4-6-12(15)10-5-7-13(17-3)11(14)8-10/h5,7-9H,4,6H2,1-3H3. The van der Waals surface area contributed by atoms with Crippen LogP contribution in [0.3, 0.4) is 0 Å². The number of methoxy groups -OCH3 is 2. The van der Waals surface area contributed by atoms with E-state index in [0.29, 0.717) is 18.4 Å². The Morgan fingerprint density at radius 2 is 2.12 bits per heavy atom. The monoisotopic (exact) mass is 240 g/mol. The normalized spacial score (nSPS) is 12.2. The Hall–Kier alpha value is -1.42. The average molecular weight is 240 g/mol. The minimum absolute atomic E-state index is 0.0297.